The van der Waals surface area contributed by atoms with Crippen molar-refractivity contribution in [2.75, 3.05) is 11.9 Å². The fourth-order valence-electron chi connectivity index (χ4n) is 1.74. The van der Waals surface area contributed by atoms with Crippen molar-refractivity contribution in [3.8, 4) is 0 Å². The molecule has 0 spiro atoms. The number of nitrogens with zero attached hydrogens (tertiary/aromatic N) is 1. The molecule has 1 amide bonds. The summed E-state index contributed by atoms with van der Waals surface area (Å²) in [6.45, 7) is 3.27. The monoisotopic (exact) mass is 333 g/mol. The van der Waals surface area contributed by atoms with Crippen molar-refractivity contribution < 1.29 is 4.79 Å². The first kappa shape index (κ1) is 14.5. The van der Waals surface area contributed by atoms with E-state index in [9.17, 15) is 4.79 Å². The van der Waals surface area contributed by atoms with Crippen LogP contribution in [0.25, 0.3) is 0 Å². The van der Waals surface area contributed by atoms with Crippen LogP contribution in [0.2, 0.25) is 0 Å². The summed E-state index contributed by atoms with van der Waals surface area (Å²) in [4.78, 5) is 16.2. The summed E-state index contributed by atoms with van der Waals surface area (Å²) in [6, 6.07) is 11.3. The van der Waals surface area contributed by atoms with Crippen LogP contribution in [0.1, 0.15) is 22.8 Å². The molecule has 20 heavy (non-hydrogen) atoms. The predicted octanol–water partition coefficient (Wildman–Crippen LogP) is 3.21. The lowest BCUT2D eigenvalue weighted by Crippen LogP contribution is -2.23. The van der Waals surface area contributed by atoms with Crippen molar-refractivity contribution in [1.82, 2.24) is 10.3 Å². The molecule has 1 aromatic carbocycles. The lowest BCUT2D eigenvalue weighted by atomic mass is 10.2. The van der Waals surface area contributed by atoms with E-state index >= 15 is 0 Å². The zero-order valence-electron chi connectivity index (χ0n) is 11.2. The number of halogens is 1. The molecule has 0 aliphatic carbocycles. The number of hydrogen-bond acceptors (Lipinski definition) is 3. The zero-order valence-corrected chi connectivity index (χ0v) is 12.8. The Bertz CT molecular complexity index is 584. The Morgan fingerprint density at radius 1 is 1.25 bits per heavy atom. The molecular weight excluding hydrogens is 318 g/mol. The number of aromatic nitrogens is 1. The van der Waals surface area contributed by atoms with Gasteiger partial charge >= 0.3 is 0 Å². The molecule has 0 bridgehead atoms. The molecule has 1 aromatic heterocycles. The number of anilines is 1. The minimum Gasteiger partial charge on any atom is -0.370 e. The fraction of sp³-hybridized carbons (Fsp3) is 0.200. The average Bonchev–Trinajstić information content (AvgIpc) is 2.47. The Kier molecular flexibility index (Phi) is 5.12. The molecule has 0 unspecified atom stereocenters. The standard InChI is InChI=1S/C15H16BrN3O/c1-2-17-14-9-12(7-8-18-14)15(20)19-10-11-3-5-13(16)6-4-11/h3-9H,2,10H2,1H3,(H,17,18)(H,19,20). The summed E-state index contributed by atoms with van der Waals surface area (Å²) < 4.78 is 1.02. The normalized spacial score (nSPS) is 10.1. The molecule has 0 aliphatic heterocycles. The molecule has 2 N–H and O–H groups in total. The van der Waals surface area contributed by atoms with Gasteiger partial charge in [0.05, 0.1) is 0 Å². The lowest BCUT2D eigenvalue weighted by molar-refractivity contribution is 0.0951. The van der Waals surface area contributed by atoms with E-state index in [1.54, 1.807) is 18.3 Å². The third-order valence-corrected chi connectivity index (χ3v) is 3.28. The Balaban J connectivity index is 1.97. The highest BCUT2D eigenvalue weighted by molar-refractivity contribution is 9.10. The minimum atomic E-state index is -0.102. The van der Waals surface area contributed by atoms with Crippen molar-refractivity contribution >= 4 is 27.7 Å². The SMILES string of the molecule is CCNc1cc(C(=O)NCc2ccc(Br)cc2)ccn1. The topological polar surface area (TPSA) is 54.0 Å². The summed E-state index contributed by atoms with van der Waals surface area (Å²) >= 11 is 3.38. The second kappa shape index (κ2) is 7.05. The fourth-order valence-corrected chi connectivity index (χ4v) is 2.00. The van der Waals surface area contributed by atoms with E-state index in [2.05, 4.69) is 31.5 Å². The molecule has 1 heterocycles. The summed E-state index contributed by atoms with van der Waals surface area (Å²) in [6.07, 6.45) is 1.63. The average molecular weight is 334 g/mol. The van der Waals surface area contributed by atoms with Crippen LogP contribution in [0.5, 0.6) is 0 Å². The van der Waals surface area contributed by atoms with Gasteiger partial charge in [0.25, 0.3) is 5.91 Å². The van der Waals surface area contributed by atoms with Gasteiger partial charge < -0.3 is 10.6 Å². The molecule has 0 fully saturated rings. The van der Waals surface area contributed by atoms with Crippen LogP contribution in [-0.2, 0) is 6.54 Å². The van der Waals surface area contributed by atoms with Gasteiger partial charge in [0.2, 0.25) is 0 Å². The first-order valence-corrected chi connectivity index (χ1v) is 7.21. The molecule has 104 valence electrons. The van der Waals surface area contributed by atoms with Gasteiger partial charge in [0.1, 0.15) is 5.82 Å². The molecule has 0 saturated carbocycles. The van der Waals surface area contributed by atoms with Crippen LogP contribution in [0, 0.1) is 0 Å². The highest BCUT2D eigenvalue weighted by atomic mass is 79.9. The van der Waals surface area contributed by atoms with E-state index in [0.29, 0.717) is 17.9 Å². The van der Waals surface area contributed by atoms with E-state index in [-0.39, 0.29) is 5.91 Å². The van der Waals surface area contributed by atoms with E-state index in [1.165, 1.54) is 0 Å². The Labute approximate surface area is 126 Å². The van der Waals surface area contributed by atoms with Crippen molar-refractivity contribution in [2.24, 2.45) is 0 Å². The number of carbonyl (C=O) groups is 1. The molecular formula is C15H16BrN3O. The molecule has 2 aromatic rings. The minimum absolute atomic E-state index is 0.102. The zero-order chi connectivity index (χ0) is 14.4. The third-order valence-electron chi connectivity index (χ3n) is 2.75. The van der Waals surface area contributed by atoms with Gasteiger partial charge in [-0.25, -0.2) is 4.98 Å². The smallest absolute Gasteiger partial charge is 0.251 e. The van der Waals surface area contributed by atoms with Crippen LogP contribution >= 0.6 is 15.9 Å². The van der Waals surface area contributed by atoms with Gasteiger partial charge in [0, 0.05) is 29.3 Å². The number of rotatable bonds is 5. The number of hydrogen-bond donors (Lipinski definition) is 2. The van der Waals surface area contributed by atoms with Gasteiger partial charge in [-0.05, 0) is 36.8 Å². The predicted molar refractivity (Wildman–Crippen MR) is 83.7 cm³/mol. The van der Waals surface area contributed by atoms with E-state index in [4.69, 9.17) is 0 Å². The van der Waals surface area contributed by atoms with E-state index in [1.807, 2.05) is 31.2 Å². The van der Waals surface area contributed by atoms with Crippen LogP contribution in [0.4, 0.5) is 5.82 Å². The van der Waals surface area contributed by atoms with Crippen LogP contribution in [-0.4, -0.2) is 17.4 Å². The molecule has 0 saturated heterocycles. The number of nitrogens with one attached hydrogen (secondary N) is 2. The maximum Gasteiger partial charge on any atom is 0.251 e. The third kappa shape index (κ3) is 4.06. The number of pyridine rings is 1. The summed E-state index contributed by atoms with van der Waals surface area (Å²) in [5.41, 5.74) is 1.66. The molecule has 2 rings (SSSR count). The summed E-state index contributed by atoms with van der Waals surface area (Å²) in [5, 5.41) is 5.98. The van der Waals surface area contributed by atoms with Gasteiger partial charge in [-0.3, -0.25) is 4.79 Å². The molecule has 0 atom stereocenters. The van der Waals surface area contributed by atoms with Crippen LogP contribution in [0.3, 0.4) is 0 Å². The van der Waals surface area contributed by atoms with E-state index < -0.39 is 0 Å². The second-order valence-corrected chi connectivity index (χ2v) is 5.18. The Morgan fingerprint density at radius 3 is 2.70 bits per heavy atom. The Morgan fingerprint density at radius 2 is 2.00 bits per heavy atom. The molecule has 4 nitrogen and oxygen atoms in total. The lowest BCUT2D eigenvalue weighted by Gasteiger charge is -2.07. The number of carbonyl (C=O) groups excluding carboxylic acids is 1. The molecule has 0 aliphatic rings. The van der Waals surface area contributed by atoms with Crippen molar-refractivity contribution in [3.05, 3.63) is 58.2 Å². The van der Waals surface area contributed by atoms with Crippen molar-refractivity contribution in [1.29, 1.82) is 0 Å². The van der Waals surface area contributed by atoms with Crippen LogP contribution in [0.15, 0.2) is 47.1 Å². The van der Waals surface area contributed by atoms with Gasteiger partial charge in [0.15, 0.2) is 0 Å². The highest BCUT2D eigenvalue weighted by Gasteiger charge is 2.06. The quantitative estimate of drug-likeness (QED) is 0.883. The molecule has 0 radical (unpaired) electrons. The van der Waals surface area contributed by atoms with Crippen molar-refractivity contribution in [3.63, 3.8) is 0 Å². The first-order valence-electron chi connectivity index (χ1n) is 6.41. The Hall–Kier alpha value is -1.88. The number of amides is 1. The largest absolute Gasteiger partial charge is 0.370 e. The van der Waals surface area contributed by atoms with Crippen LogP contribution < -0.4 is 10.6 Å². The maximum atomic E-state index is 12.1. The van der Waals surface area contributed by atoms with Crippen molar-refractivity contribution in [2.45, 2.75) is 13.5 Å². The maximum absolute atomic E-state index is 12.1. The second-order valence-electron chi connectivity index (χ2n) is 4.27. The van der Waals surface area contributed by atoms with Gasteiger partial charge in [-0.15, -0.1) is 0 Å². The molecule has 5 heteroatoms. The summed E-state index contributed by atoms with van der Waals surface area (Å²) in [7, 11) is 0. The number of benzene rings is 1. The van der Waals surface area contributed by atoms with Gasteiger partial charge in [-0.1, -0.05) is 28.1 Å². The van der Waals surface area contributed by atoms with Gasteiger partial charge in [-0.2, -0.15) is 0 Å². The van der Waals surface area contributed by atoms with E-state index in [0.717, 1.165) is 16.6 Å². The highest BCUT2D eigenvalue weighted by Crippen LogP contribution is 2.11. The summed E-state index contributed by atoms with van der Waals surface area (Å²) in [5.74, 6) is 0.610. The first-order chi connectivity index (χ1) is 9.69.